The monoisotopic (exact) mass is 477 g/mol. The van der Waals surface area contributed by atoms with Crippen molar-refractivity contribution >= 4 is 35.7 Å². The molecule has 1 unspecified atom stereocenters. The van der Waals surface area contributed by atoms with E-state index in [1.807, 2.05) is 0 Å². The standard InChI is InChI=1S/C22H23NO11/c1-10(24)30-9-16-18(31-11(2)25)19(32-12(3)26)17(22(34-16)33-13(4)27)23-20(28)14-7-5-6-8-15(14)21(23)29/h5-8,16-19,22H,9H2,1-4H3/t16-,17-,18+,19+,22?/m1/s1. The van der Waals surface area contributed by atoms with Gasteiger partial charge in [0.2, 0.25) is 6.29 Å². The molecule has 12 heteroatoms. The number of esters is 4. The number of rotatable bonds is 6. The summed E-state index contributed by atoms with van der Waals surface area (Å²) in [6.07, 6.45) is -5.81. The molecule has 1 saturated heterocycles. The van der Waals surface area contributed by atoms with Crippen molar-refractivity contribution in [2.75, 3.05) is 6.61 Å². The van der Waals surface area contributed by atoms with E-state index in [-0.39, 0.29) is 11.1 Å². The first kappa shape index (κ1) is 24.8. The second kappa shape index (κ2) is 10.00. The van der Waals surface area contributed by atoms with Gasteiger partial charge in [0, 0.05) is 27.7 Å². The van der Waals surface area contributed by atoms with Crippen LogP contribution in [0, 0.1) is 0 Å². The van der Waals surface area contributed by atoms with Gasteiger partial charge in [-0.05, 0) is 12.1 Å². The maximum absolute atomic E-state index is 13.2. The van der Waals surface area contributed by atoms with E-state index in [2.05, 4.69) is 0 Å². The average Bonchev–Trinajstić information content (AvgIpc) is 2.98. The molecule has 0 aliphatic carbocycles. The van der Waals surface area contributed by atoms with Crippen molar-refractivity contribution in [2.45, 2.75) is 58.3 Å². The predicted octanol–water partition coefficient (Wildman–Crippen LogP) is 0.366. The molecule has 2 aliphatic heterocycles. The highest BCUT2D eigenvalue weighted by molar-refractivity contribution is 6.21. The summed E-state index contributed by atoms with van der Waals surface area (Å²) in [5, 5.41) is 0. The van der Waals surface area contributed by atoms with Crippen LogP contribution in [0.25, 0.3) is 0 Å². The molecule has 2 aliphatic rings. The number of carbonyl (C=O) groups is 6. The molecule has 0 aromatic heterocycles. The van der Waals surface area contributed by atoms with Gasteiger partial charge in [0.15, 0.2) is 12.2 Å². The fraction of sp³-hybridized carbons (Fsp3) is 0.455. The van der Waals surface area contributed by atoms with E-state index in [1.54, 1.807) is 12.1 Å². The van der Waals surface area contributed by atoms with Crippen LogP contribution in [0.5, 0.6) is 0 Å². The van der Waals surface area contributed by atoms with Crippen molar-refractivity contribution in [1.82, 2.24) is 4.90 Å². The summed E-state index contributed by atoms with van der Waals surface area (Å²) in [5.74, 6) is -4.64. The zero-order chi connectivity index (χ0) is 25.2. The Morgan fingerprint density at radius 1 is 0.794 bits per heavy atom. The Morgan fingerprint density at radius 2 is 1.29 bits per heavy atom. The van der Waals surface area contributed by atoms with Crippen LogP contribution in [0.1, 0.15) is 48.4 Å². The third-order valence-corrected chi connectivity index (χ3v) is 5.08. The second-order valence-corrected chi connectivity index (χ2v) is 7.62. The molecule has 182 valence electrons. The third kappa shape index (κ3) is 5.06. The van der Waals surface area contributed by atoms with Gasteiger partial charge in [-0.3, -0.25) is 33.7 Å². The van der Waals surface area contributed by atoms with Crippen LogP contribution in [-0.4, -0.2) is 77.8 Å². The number of imide groups is 1. The fourth-order valence-electron chi connectivity index (χ4n) is 3.90. The highest BCUT2D eigenvalue weighted by atomic mass is 16.7. The molecule has 2 heterocycles. The zero-order valence-corrected chi connectivity index (χ0v) is 18.8. The van der Waals surface area contributed by atoms with Gasteiger partial charge in [0.25, 0.3) is 11.8 Å². The van der Waals surface area contributed by atoms with Crippen molar-refractivity contribution in [3.8, 4) is 0 Å². The molecule has 3 rings (SSSR count). The Bertz CT molecular complexity index is 1000. The molecule has 2 amide bonds. The van der Waals surface area contributed by atoms with E-state index in [0.717, 1.165) is 32.6 Å². The Balaban J connectivity index is 2.11. The quantitative estimate of drug-likeness (QED) is 0.317. The Labute approximate surface area is 194 Å². The Morgan fingerprint density at radius 3 is 1.76 bits per heavy atom. The normalized spacial score (nSPS) is 25.9. The van der Waals surface area contributed by atoms with Gasteiger partial charge in [-0.25, -0.2) is 0 Å². The molecule has 1 aromatic carbocycles. The Hall–Kier alpha value is -3.80. The number of carbonyl (C=O) groups excluding carboxylic acids is 6. The van der Waals surface area contributed by atoms with Gasteiger partial charge in [0.1, 0.15) is 18.8 Å². The second-order valence-electron chi connectivity index (χ2n) is 7.62. The highest BCUT2D eigenvalue weighted by Gasteiger charge is 2.58. The van der Waals surface area contributed by atoms with Crippen molar-refractivity contribution in [3.63, 3.8) is 0 Å². The van der Waals surface area contributed by atoms with Gasteiger partial charge in [-0.2, -0.15) is 0 Å². The summed E-state index contributed by atoms with van der Waals surface area (Å²) in [4.78, 5) is 74.2. The SMILES string of the molecule is CC(=O)OC[C@H]1OC(OC(C)=O)[C@H](N2C(=O)c3ccccc3C2=O)[C@H](OC(C)=O)[C@H]1OC(C)=O. The lowest BCUT2D eigenvalue weighted by atomic mass is 9.94. The van der Waals surface area contributed by atoms with E-state index in [1.165, 1.54) is 12.1 Å². The average molecular weight is 477 g/mol. The van der Waals surface area contributed by atoms with Crippen LogP contribution in [-0.2, 0) is 42.9 Å². The van der Waals surface area contributed by atoms with Crippen molar-refractivity contribution in [2.24, 2.45) is 0 Å². The van der Waals surface area contributed by atoms with E-state index >= 15 is 0 Å². The van der Waals surface area contributed by atoms with Crippen LogP contribution in [0.15, 0.2) is 24.3 Å². The summed E-state index contributed by atoms with van der Waals surface area (Å²) in [6, 6.07) is 4.49. The summed E-state index contributed by atoms with van der Waals surface area (Å²) < 4.78 is 26.7. The van der Waals surface area contributed by atoms with Crippen LogP contribution in [0.3, 0.4) is 0 Å². The Kier molecular flexibility index (Phi) is 7.30. The van der Waals surface area contributed by atoms with Gasteiger partial charge < -0.3 is 23.7 Å². The molecule has 0 N–H and O–H groups in total. The van der Waals surface area contributed by atoms with E-state index in [4.69, 9.17) is 23.7 Å². The number of amides is 2. The number of hydrogen-bond donors (Lipinski definition) is 0. The lowest BCUT2D eigenvalue weighted by Gasteiger charge is -2.46. The van der Waals surface area contributed by atoms with Gasteiger partial charge >= 0.3 is 23.9 Å². The molecule has 0 spiro atoms. The minimum atomic E-state index is -1.63. The molecule has 12 nitrogen and oxygen atoms in total. The van der Waals surface area contributed by atoms with Crippen molar-refractivity contribution < 1.29 is 52.5 Å². The molecular weight excluding hydrogens is 454 g/mol. The van der Waals surface area contributed by atoms with Gasteiger partial charge in [0.05, 0.1) is 11.1 Å². The summed E-state index contributed by atoms with van der Waals surface area (Å²) in [7, 11) is 0. The summed E-state index contributed by atoms with van der Waals surface area (Å²) in [6.45, 7) is 3.91. The molecule has 0 radical (unpaired) electrons. The predicted molar refractivity (Wildman–Crippen MR) is 109 cm³/mol. The molecule has 0 bridgehead atoms. The maximum Gasteiger partial charge on any atom is 0.305 e. The topological polar surface area (TPSA) is 152 Å². The van der Waals surface area contributed by atoms with E-state index < -0.39 is 72.9 Å². The number of hydrogen-bond acceptors (Lipinski definition) is 11. The first-order chi connectivity index (χ1) is 16.0. The van der Waals surface area contributed by atoms with Gasteiger partial charge in [-0.15, -0.1) is 0 Å². The smallest absolute Gasteiger partial charge is 0.305 e. The number of benzene rings is 1. The molecule has 1 fully saturated rings. The molecular formula is C22H23NO11. The lowest BCUT2D eigenvalue weighted by molar-refractivity contribution is -0.278. The molecule has 5 atom stereocenters. The van der Waals surface area contributed by atoms with E-state index in [9.17, 15) is 28.8 Å². The highest BCUT2D eigenvalue weighted by Crippen LogP contribution is 2.35. The third-order valence-electron chi connectivity index (χ3n) is 5.08. The van der Waals surface area contributed by atoms with Crippen LogP contribution in [0.2, 0.25) is 0 Å². The molecule has 1 aromatic rings. The van der Waals surface area contributed by atoms with Crippen molar-refractivity contribution in [3.05, 3.63) is 35.4 Å². The largest absolute Gasteiger partial charge is 0.463 e. The molecule has 34 heavy (non-hydrogen) atoms. The molecule has 0 saturated carbocycles. The van der Waals surface area contributed by atoms with Crippen LogP contribution in [0.4, 0.5) is 0 Å². The first-order valence-corrected chi connectivity index (χ1v) is 10.3. The zero-order valence-electron chi connectivity index (χ0n) is 18.8. The number of nitrogens with zero attached hydrogens (tertiary/aromatic N) is 1. The summed E-state index contributed by atoms with van der Waals surface area (Å²) >= 11 is 0. The first-order valence-electron chi connectivity index (χ1n) is 10.3. The minimum absolute atomic E-state index is 0.0849. The van der Waals surface area contributed by atoms with Crippen molar-refractivity contribution in [1.29, 1.82) is 0 Å². The van der Waals surface area contributed by atoms with E-state index in [0.29, 0.717) is 0 Å². The fourth-order valence-corrected chi connectivity index (χ4v) is 3.90. The number of fused-ring (bicyclic) bond motifs is 1. The summed E-state index contributed by atoms with van der Waals surface area (Å²) in [5.41, 5.74) is 0.170. The minimum Gasteiger partial charge on any atom is -0.463 e. The van der Waals surface area contributed by atoms with Gasteiger partial charge in [-0.1, -0.05) is 12.1 Å². The lowest BCUT2D eigenvalue weighted by Crippen LogP contribution is -2.67. The number of ether oxygens (including phenoxy) is 5. The maximum atomic E-state index is 13.2. The van der Waals surface area contributed by atoms with Crippen LogP contribution < -0.4 is 0 Å². The van der Waals surface area contributed by atoms with Crippen LogP contribution >= 0.6 is 0 Å².